The number of aryl methyl sites for hydroxylation is 2. The van der Waals surface area contributed by atoms with Gasteiger partial charge in [-0.3, -0.25) is 4.68 Å². The molecule has 0 bridgehead atoms. The molecule has 7 nitrogen and oxygen atoms in total. The van der Waals surface area contributed by atoms with E-state index in [0.29, 0.717) is 17.4 Å². The molecule has 2 aromatic heterocycles. The average molecular weight is 441 g/mol. The normalized spacial score (nSPS) is 13.7. The van der Waals surface area contributed by atoms with Crippen LogP contribution < -0.4 is 16.0 Å². The first-order chi connectivity index (χ1) is 15.7. The number of rotatable bonds is 10. The minimum atomic E-state index is -0.145. The van der Waals surface area contributed by atoms with E-state index in [2.05, 4.69) is 97.7 Å². The highest BCUT2D eigenvalue weighted by Gasteiger charge is 2.25. The highest BCUT2D eigenvalue weighted by atomic mass is 15.3. The summed E-state index contributed by atoms with van der Waals surface area (Å²) in [5.41, 5.74) is 6.68. The van der Waals surface area contributed by atoms with Gasteiger partial charge in [0.2, 0.25) is 0 Å². The lowest BCUT2D eigenvalue weighted by Gasteiger charge is -2.25. The molecule has 1 aliphatic carbocycles. The Kier molecular flexibility index (Phi) is 6.23. The van der Waals surface area contributed by atoms with E-state index in [9.17, 15) is 0 Å². The van der Waals surface area contributed by atoms with Crippen molar-refractivity contribution in [1.82, 2.24) is 25.3 Å². The quantitative estimate of drug-likeness (QED) is 0.420. The van der Waals surface area contributed by atoms with Gasteiger partial charge in [-0.05, 0) is 49.6 Å². The van der Waals surface area contributed by atoms with E-state index in [4.69, 9.17) is 0 Å². The molecule has 0 aliphatic heterocycles. The van der Waals surface area contributed by atoms with Crippen molar-refractivity contribution in [2.45, 2.75) is 51.9 Å². The molecular weight excluding hydrogens is 408 g/mol. The van der Waals surface area contributed by atoms with E-state index >= 15 is 0 Å². The minimum absolute atomic E-state index is 0.145. The predicted molar refractivity (Wildman–Crippen MR) is 143 cm³/mol. The predicted octanol–water partition coefficient (Wildman–Crippen LogP) is 2.99. The minimum Gasteiger partial charge on any atom is -0.394 e. The van der Waals surface area contributed by atoms with E-state index in [1.807, 2.05) is 12.3 Å². The SMILES string of the molecule is BC(B)(C)NC(=C)c1nnc(NC(=C)C2CC2)cc1Nc1ccc2cnn(CC)c2c1CC. The molecule has 33 heavy (non-hydrogen) atoms. The second-order valence-electron chi connectivity index (χ2n) is 9.74. The fourth-order valence-electron chi connectivity index (χ4n) is 4.09. The van der Waals surface area contributed by atoms with Gasteiger partial charge in [0.1, 0.15) is 21.4 Å². The Morgan fingerprint density at radius 2 is 1.94 bits per heavy atom. The first-order valence-electron chi connectivity index (χ1n) is 11.8. The van der Waals surface area contributed by atoms with Gasteiger partial charge < -0.3 is 16.0 Å². The van der Waals surface area contributed by atoms with Crippen LogP contribution in [0.1, 0.15) is 44.9 Å². The third-order valence-corrected chi connectivity index (χ3v) is 5.80. The number of fused-ring (bicyclic) bond motifs is 1. The number of anilines is 3. The van der Waals surface area contributed by atoms with Crippen molar-refractivity contribution in [3.8, 4) is 0 Å². The maximum absolute atomic E-state index is 4.55. The lowest BCUT2D eigenvalue weighted by molar-refractivity contribution is 0.681. The van der Waals surface area contributed by atoms with E-state index in [-0.39, 0.29) is 5.34 Å². The molecule has 170 valence electrons. The Morgan fingerprint density at radius 1 is 1.18 bits per heavy atom. The van der Waals surface area contributed by atoms with E-state index in [1.54, 1.807) is 0 Å². The molecule has 0 saturated heterocycles. The molecule has 0 spiro atoms. The van der Waals surface area contributed by atoms with Crippen LogP contribution in [0.25, 0.3) is 16.6 Å². The molecule has 4 rings (SSSR count). The van der Waals surface area contributed by atoms with E-state index in [0.717, 1.165) is 41.1 Å². The van der Waals surface area contributed by atoms with Gasteiger partial charge >= 0.3 is 0 Å². The smallest absolute Gasteiger partial charge is 0.154 e. The molecule has 1 fully saturated rings. The fraction of sp³-hybridized carbons (Fsp3) is 0.375. The standard InChI is InChI=1S/C24H33B2N7/c1-6-18-19(11-10-17-13-27-33(7-2)23(17)18)29-20-12-21(28-14(3)16-8-9-16)31-32-22(20)15(4)30-24(5,25)26/h10-13,16,30H,3-4,6-9,25-26H2,1-2,5H3,(H2,28,29,31). The van der Waals surface area contributed by atoms with Crippen LogP contribution >= 0.6 is 0 Å². The van der Waals surface area contributed by atoms with Crippen LogP contribution in [0.3, 0.4) is 0 Å². The maximum Gasteiger partial charge on any atom is 0.154 e. The Hall–Kier alpha value is -3.22. The number of nitrogens with zero attached hydrogens (tertiary/aromatic N) is 4. The Labute approximate surface area is 197 Å². The summed E-state index contributed by atoms with van der Waals surface area (Å²) in [6.45, 7) is 15.6. The van der Waals surface area contributed by atoms with Gasteiger partial charge in [-0.1, -0.05) is 27.0 Å². The molecule has 0 radical (unpaired) electrons. The molecule has 1 aromatic carbocycles. The third kappa shape index (κ3) is 5.07. The monoisotopic (exact) mass is 441 g/mol. The highest BCUT2D eigenvalue weighted by molar-refractivity contribution is 6.40. The lowest BCUT2D eigenvalue weighted by atomic mass is 9.63. The topological polar surface area (TPSA) is 79.7 Å². The summed E-state index contributed by atoms with van der Waals surface area (Å²) in [4.78, 5) is 0. The summed E-state index contributed by atoms with van der Waals surface area (Å²) >= 11 is 0. The van der Waals surface area contributed by atoms with Gasteiger partial charge in [0.15, 0.2) is 5.82 Å². The lowest BCUT2D eigenvalue weighted by Crippen LogP contribution is -2.42. The number of allylic oxidation sites excluding steroid dienone is 1. The van der Waals surface area contributed by atoms with E-state index in [1.165, 1.54) is 23.9 Å². The number of benzene rings is 1. The van der Waals surface area contributed by atoms with Gasteiger partial charge in [-0.25, -0.2) is 0 Å². The zero-order chi connectivity index (χ0) is 23.8. The molecule has 0 unspecified atom stereocenters. The second-order valence-corrected chi connectivity index (χ2v) is 9.74. The van der Waals surface area contributed by atoms with Crippen molar-refractivity contribution in [3.63, 3.8) is 0 Å². The molecule has 0 amide bonds. The Morgan fingerprint density at radius 3 is 2.58 bits per heavy atom. The van der Waals surface area contributed by atoms with Crippen molar-refractivity contribution in [1.29, 1.82) is 0 Å². The zero-order valence-corrected chi connectivity index (χ0v) is 20.4. The highest BCUT2D eigenvalue weighted by Crippen LogP contribution is 2.36. The summed E-state index contributed by atoms with van der Waals surface area (Å²) in [6.07, 6.45) is 5.17. The molecular formula is C24H33B2N7. The number of hydrogen-bond acceptors (Lipinski definition) is 6. The number of nitrogens with one attached hydrogen (secondary N) is 3. The Bertz CT molecular complexity index is 1210. The average Bonchev–Trinajstić information content (AvgIpc) is 3.52. The van der Waals surface area contributed by atoms with Gasteiger partial charge in [-0.2, -0.15) is 5.10 Å². The van der Waals surface area contributed by atoms with Crippen molar-refractivity contribution < 1.29 is 0 Å². The van der Waals surface area contributed by atoms with Crippen LogP contribution in [0.5, 0.6) is 0 Å². The van der Waals surface area contributed by atoms with Crippen molar-refractivity contribution in [2.24, 2.45) is 5.92 Å². The number of aromatic nitrogens is 4. The zero-order valence-electron chi connectivity index (χ0n) is 20.4. The molecule has 1 saturated carbocycles. The fourth-order valence-corrected chi connectivity index (χ4v) is 4.09. The van der Waals surface area contributed by atoms with Crippen LogP contribution in [0.2, 0.25) is 0 Å². The molecule has 9 heteroatoms. The summed E-state index contributed by atoms with van der Waals surface area (Å²) in [7, 11) is 4.20. The van der Waals surface area contributed by atoms with Crippen molar-refractivity contribution in [2.75, 3.05) is 10.6 Å². The largest absolute Gasteiger partial charge is 0.394 e. The first kappa shape index (κ1) is 23.0. The first-order valence-corrected chi connectivity index (χ1v) is 11.8. The summed E-state index contributed by atoms with van der Waals surface area (Å²) in [5.74, 6) is 1.21. The molecule has 3 N–H and O–H groups in total. The van der Waals surface area contributed by atoms with Crippen LogP contribution in [0, 0.1) is 5.92 Å². The Balaban J connectivity index is 1.75. The molecule has 0 atom stereocenters. The maximum atomic E-state index is 4.55. The van der Waals surface area contributed by atoms with Gasteiger partial charge in [-0.15, -0.1) is 10.2 Å². The van der Waals surface area contributed by atoms with Crippen LogP contribution in [0.15, 0.2) is 43.3 Å². The number of hydrogen-bond donors (Lipinski definition) is 3. The van der Waals surface area contributed by atoms with Crippen LogP contribution in [-0.2, 0) is 13.0 Å². The second kappa shape index (κ2) is 8.96. The summed E-state index contributed by atoms with van der Waals surface area (Å²) in [5, 5.41) is 24.9. The van der Waals surface area contributed by atoms with Gasteiger partial charge in [0.05, 0.1) is 23.1 Å². The van der Waals surface area contributed by atoms with Crippen molar-refractivity contribution >= 4 is 49.5 Å². The summed E-state index contributed by atoms with van der Waals surface area (Å²) < 4.78 is 2.05. The molecule has 2 heterocycles. The molecule has 1 aliphatic rings. The van der Waals surface area contributed by atoms with Gasteiger partial charge in [0, 0.05) is 34.9 Å². The molecule has 3 aromatic rings. The van der Waals surface area contributed by atoms with E-state index < -0.39 is 0 Å². The van der Waals surface area contributed by atoms with Gasteiger partial charge in [0.25, 0.3) is 0 Å². The van der Waals surface area contributed by atoms with Crippen molar-refractivity contribution in [3.05, 3.63) is 54.5 Å². The van der Waals surface area contributed by atoms with Crippen LogP contribution in [-0.4, -0.2) is 41.0 Å². The summed E-state index contributed by atoms with van der Waals surface area (Å²) in [6, 6.07) is 6.22. The van der Waals surface area contributed by atoms with Crippen LogP contribution in [0.4, 0.5) is 17.2 Å². The third-order valence-electron chi connectivity index (χ3n) is 5.80.